The maximum atomic E-state index is 4.47. The molecule has 3 aromatic rings. The Balaban J connectivity index is 1.93. The molecule has 0 spiro atoms. The molecule has 5 heteroatoms. The van der Waals surface area contributed by atoms with Gasteiger partial charge < -0.3 is 0 Å². The first-order valence-electron chi connectivity index (χ1n) is 6.75. The smallest absolute Gasteiger partial charge is 0.139 e. The maximum Gasteiger partial charge on any atom is 0.139 e. The second-order valence-corrected chi connectivity index (χ2v) is 5.61. The van der Waals surface area contributed by atoms with Crippen LogP contribution in [-0.4, -0.2) is 19.5 Å². The maximum absolute atomic E-state index is 4.47. The highest BCUT2D eigenvalue weighted by Crippen LogP contribution is 2.13. The first kappa shape index (κ1) is 14.5. The van der Waals surface area contributed by atoms with Gasteiger partial charge in [0.25, 0.3) is 0 Å². The summed E-state index contributed by atoms with van der Waals surface area (Å²) >= 11 is 3.38. The molecule has 0 fully saturated rings. The number of imidazole rings is 1. The summed E-state index contributed by atoms with van der Waals surface area (Å²) < 4.78 is 2.71. The molecule has 0 saturated carbocycles. The lowest BCUT2D eigenvalue weighted by atomic mass is 10.2. The molecule has 0 atom stereocenters. The van der Waals surface area contributed by atoms with E-state index in [0.717, 1.165) is 27.5 Å². The Morgan fingerprint density at radius 2 is 1.95 bits per heavy atom. The number of rotatable bonds is 1. The van der Waals surface area contributed by atoms with E-state index >= 15 is 0 Å². The third-order valence-electron chi connectivity index (χ3n) is 3.06. The van der Waals surface area contributed by atoms with E-state index in [1.807, 2.05) is 54.9 Å². The van der Waals surface area contributed by atoms with Gasteiger partial charge in [0.1, 0.15) is 21.9 Å². The number of hydrogen-bond donors (Lipinski definition) is 0. The van der Waals surface area contributed by atoms with Crippen molar-refractivity contribution in [2.45, 2.75) is 13.8 Å². The summed E-state index contributed by atoms with van der Waals surface area (Å²) in [6, 6.07) is 9.61. The fraction of sp³-hybridized carbons (Fsp3) is 0.118. The molecule has 0 aliphatic carbocycles. The highest BCUT2D eigenvalue weighted by atomic mass is 79.9. The van der Waals surface area contributed by atoms with E-state index in [2.05, 4.69) is 42.7 Å². The van der Waals surface area contributed by atoms with E-state index in [1.165, 1.54) is 0 Å². The van der Waals surface area contributed by atoms with Crippen LogP contribution in [-0.2, 0) is 0 Å². The molecule has 0 aliphatic heterocycles. The average Bonchev–Trinajstić information content (AvgIpc) is 2.86. The van der Waals surface area contributed by atoms with Gasteiger partial charge in [-0.15, -0.1) is 0 Å². The summed E-state index contributed by atoms with van der Waals surface area (Å²) in [4.78, 5) is 13.1. The van der Waals surface area contributed by atoms with Crippen molar-refractivity contribution in [1.29, 1.82) is 0 Å². The monoisotopic (exact) mass is 352 g/mol. The number of aromatic nitrogens is 4. The van der Waals surface area contributed by atoms with Crippen LogP contribution in [0.3, 0.4) is 0 Å². The van der Waals surface area contributed by atoms with Gasteiger partial charge in [-0.05, 0) is 60.0 Å². The molecule has 0 amide bonds. The van der Waals surface area contributed by atoms with Gasteiger partial charge in [0, 0.05) is 23.7 Å². The molecule has 0 N–H and O–H groups in total. The Morgan fingerprint density at radius 1 is 1.09 bits per heavy atom. The van der Waals surface area contributed by atoms with Crippen LogP contribution in [0.2, 0.25) is 0 Å². The van der Waals surface area contributed by atoms with E-state index in [1.54, 1.807) is 6.20 Å². The summed E-state index contributed by atoms with van der Waals surface area (Å²) in [5.74, 6) is 7.85. The zero-order valence-electron chi connectivity index (χ0n) is 12.2. The van der Waals surface area contributed by atoms with Crippen molar-refractivity contribution in [2.75, 3.05) is 0 Å². The number of hydrogen-bond acceptors (Lipinski definition) is 3. The average molecular weight is 353 g/mol. The molecule has 3 rings (SSSR count). The molecule has 0 aliphatic rings. The van der Waals surface area contributed by atoms with Gasteiger partial charge in [-0.1, -0.05) is 12.0 Å². The zero-order chi connectivity index (χ0) is 15.5. The second-order valence-electron chi connectivity index (χ2n) is 4.80. The predicted molar refractivity (Wildman–Crippen MR) is 88.8 cm³/mol. The van der Waals surface area contributed by atoms with Gasteiger partial charge in [0.05, 0.1) is 0 Å². The van der Waals surface area contributed by atoms with E-state index in [-0.39, 0.29) is 0 Å². The molecule has 0 radical (unpaired) electrons. The van der Waals surface area contributed by atoms with Crippen LogP contribution in [0.5, 0.6) is 0 Å². The number of pyridine rings is 2. The number of nitrogens with zero attached hydrogens (tertiary/aromatic N) is 4. The van der Waals surface area contributed by atoms with Crippen LogP contribution < -0.4 is 0 Å². The lowest BCUT2D eigenvalue weighted by molar-refractivity contribution is 0.927. The minimum Gasteiger partial charge on any atom is -0.287 e. The van der Waals surface area contributed by atoms with Crippen molar-refractivity contribution in [3.05, 3.63) is 70.1 Å². The largest absolute Gasteiger partial charge is 0.287 e. The van der Waals surface area contributed by atoms with Crippen molar-refractivity contribution in [3.63, 3.8) is 0 Å². The Hall–Kier alpha value is -2.45. The molecule has 108 valence electrons. The molecule has 0 unspecified atom stereocenters. The highest BCUT2D eigenvalue weighted by molar-refractivity contribution is 9.10. The summed E-state index contributed by atoms with van der Waals surface area (Å²) in [5.41, 5.74) is 2.60. The lowest BCUT2D eigenvalue weighted by Crippen LogP contribution is -1.98. The fourth-order valence-electron chi connectivity index (χ4n) is 2.06. The molecule has 3 aromatic heterocycles. The molecular formula is C17H13BrN4. The molecule has 0 aromatic carbocycles. The van der Waals surface area contributed by atoms with Crippen LogP contribution in [0.25, 0.3) is 5.82 Å². The van der Waals surface area contributed by atoms with Gasteiger partial charge in [-0.25, -0.2) is 9.97 Å². The van der Waals surface area contributed by atoms with E-state index in [9.17, 15) is 0 Å². The van der Waals surface area contributed by atoms with E-state index in [4.69, 9.17) is 0 Å². The third-order valence-corrected chi connectivity index (χ3v) is 3.50. The van der Waals surface area contributed by atoms with Crippen LogP contribution in [0, 0.1) is 25.7 Å². The molecule has 0 bridgehead atoms. The molecule has 0 saturated heterocycles. The molecular weight excluding hydrogens is 340 g/mol. The van der Waals surface area contributed by atoms with Crippen molar-refractivity contribution < 1.29 is 0 Å². The third kappa shape index (κ3) is 3.23. The summed E-state index contributed by atoms with van der Waals surface area (Å²) in [5, 5.41) is 0. The molecule has 22 heavy (non-hydrogen) atoms. The first-order chi connectivity index (χ1) is 10.6. The van der Waals surface area contributed by atoms with Crippen molar-refractivity contribution >= 4 is 15.9 Å². The van der Waals surface area contributed by atoms with Gasteiger partial charge in [-0.3, -0.25) is 9.55 Å². The van der Waals surface area contributed by atoms with Crippen molar-refractivity contribution in [1.82, 2.24) is 19.5 Å². The SMILES string of the molecule is Cc1cc(C#Cc2cn(-c3cccc(Br)n3)c(C)n2)ccn1. The fourth-order valence-corrected chi connectivity index (χ4v) is 2.39. The minimum absolute atomic E-state index is 0.716. The highest BCUT2D eigenvalue weighted by Gasteiger charge is 2.05. The normalized spacial score (nSPS) is 10.1. The zero-order valence-corrected chi connectivity index (χ0v) is 13.8. The van der Waals surface area contributed by atoms with Crippen LogP contribution in [0.4, 0.5) is 0 Å². The summed E-state index contributed by atoms with van der Waals surface area (Å²) in [6.45, 7) is 3.88. The van der Waals surface area contributed by atoms with Crippen LogP contribution in [0.15, 0.2) is 47.3 Å². The summed E-state index contributed by atoms with van der Waals surface area (Å²) in [6.07, 6.45) is 3.65. The molecule has 4 nitrogen and oxygen atoms in total. The second kappa shape index (κ2) is 6.12. The Labute approximate surface area is 137 Å². The Morgan fingerprint density at radius 3 is 2.73 bits per heavy atom. The van der Waals surface area contributed by atoms with Gasteiger partial charge in [-0.2, -0.15) is 0 Å². The van der Waals surface area contributed by atoms with E-state index in [0.29, 0.717) is 5.69 Å². The Bertz CT molecular complexity index is 887. The van der Waals surface area contributed by atoms with Crippen LogP contribution >= 0.6 is 15.9 Å². The Kier molecular flexibility index (Phi) is 4.03. The molecule has 3 heterocycles. The topological polar surface area (TPSA) is 43.6 Å². The quantitative estimate of drug-likeness (QED) is 0.497. The first-order valence-corrected chi connectivity index (χ1v) is 7.55. The predicted octanol–water partition coefficient (Wildman–Crippen LogP) is 3.44. The van der Waals surface area contributed by atoms with Gasteiger partial charge in [0.2, 0.25) is 0 Å². The number of aryl methyl sites for hydroxylation is 2. The van der Waals surface area contributed by atoms with Gasteiger partial charge in [0.15, 0.2) is 0 Å². The standard InChI is InChI=1S/C17H13BrN4/c1-12-10-14(8-9-19-12)6-7-15-11-22(13(2)20-15)17-5-3-4-16(18)21-17/h3-5,8-11H,1-2H3. The van der Waals surface area contributed by atoms with E-state index < -0.39 is 0 Å². The van der Waals surface area contributed by atoms with Gasteiger partial charge >= 0.3 is 0 Å². The minimum atomic E-state index is 0.716. The summed E-state index contributed by atoms with van der Waals surface area (Å²) in [7, 11) is 0. The number of halogens is 1. The van der Waals surface area contributed by atoms with Crippen molar-refractivity contribution in [3.8, 4) is 17.7 Å². The van der Waals surface area contributed by atoms with Crippen LogP contribution in [0.1, 0.15) is 22.8 Å². The lowest BCUT2D eigenvalue weighted by Gasteiger charge is -2.02. The van der Waals surface area contributed by atoms with Crippen molar-refractivity contribution in [2.24, 2.45) is 0 Å².